The van der Waals surface area contributed by atoms with Crippen LogP contribution in [0.15, 0.2) is 30.5 Å². The number of thiocarbonyl (C=S) groups is 1. The molecule has 0 radical (unpaired) electrons. The van der Waals surface area contributed by atoms with Crippen LogP contribution in [-0.2, 0) is 7.05 Å². The Hall–Kier alpha value is -1.88. The van der Waals surface area contributed by atoms with E-state index in [1.165, 1.54) is 5.56 Å². The van der Waals surface area contributed by atoms with Crippen LogP contribution in [0.4, 0.5) is 11.4 Å². The first-order valence-corrected chi connectivity index (χ1v) is 7.04. The van der Waals surface area contributed by atoms with E-state index in [4.69, 9.17) is 12.2 Å². The van der Waals surface area contributed by atoms with Crippen molar-refractivity contribution in [3.63, 3.8) is 0 Å². The summed E-state index contributed by atoms with van der Waals surface area (Å²) < 4.78 is 1.81. The summed E-state index contributed by atoms with van der Waals surface area (Å²) in [6.45, 7) is 6.36. The van der Waals surface area contributed by atoms with E-state index in [0.29, 0.717) is 11.0 Å². The summed E-state index contributed by atoms with van der Waals surface area (Å²) in [5.41, 5.74) is 4.26. The standard InChI is InChI=1S/C15H20N4S/c1-10(2)12-5-7-13(8-6-12)17-15(20)18-14-9-16-19(4)11(14)3/h5-10H,1-4H3,(H2,17,18,20). The fraction of sp³-hybridized carbons (Fsp3) is 0.333. The average molecular weight is 288 g/mol. The first-order valence-electron chi connectivity index (χ1n) is 6.64. The molecule has 0 aliphatic carbocycles. The van der Waals surface area contributed by atoms with Gasteiger partial charge in [-0.1, -0.05) is 26.0 Å². The van der Waals surface area contributed by atoms with Crippen molar-refractivity contribution >= 4 is 28.7 Å². The number of aromatic nitrogens is 2. The summed E-state index contributed by atoms with van der Waals surface area (Å²) in [7, 11) is 1.90. The molecule has 4 nitrogen and oxygen atoms in total. The molecule has 0 aliphatic rings. The van der Waals surface area contributed by atoms with Gasteiger partial charge in [0.1, 0.15) is 0 Å². The van der Waals surface area contributed by atoms with Gasteiger partial charge >= 0.3 is 0 Å². The van der Waals surface area contributed by atoms with Gasteiger partial charge in [-0.15, -0.1) is 0 Å². The normalized spacial score (nSPS) is 10.7. The molecule has 5 heteroatoms. The van der Waals surface area contributed by atoms with Gasteiger partial charge in [0.15, 0.2) is 5.11 Å². The zero-order chi connectivity index (χ0) is 14.7. The van der Waals surface area contributed by atoms with Crippen molar-refractivity contribution in [3.8, 4) is 0 Å². The van der Waals surface area contributed by atoms with Gasteiger partial charge in [0.2, 0.25) is 0 Å². The Morgan fingerprint density at radius 1 is 1.20 bits per heavy atom. The molecule has 0 unspecified atom stereocenters. The van der Waals surface area contributed by atoms with E-state index in [0.717, 1.165) is 17.1 Å². The van der Waals surface area contributed by atoms with Crippen LogP contribution in [-0.4, -0.2) is 14.9 Å². The molecule has 0 bridgehead atoms. The van der Waals surface area contributed by atoms with E-state index in [-0.39, 0.29) is 0 Å². The van der Waals surface area contributed by atoms with Crippen molar-refractivity contribution in [2.45, 2.75) is 26.7 Å². The zero-order valence-corrected chi connectivity index (χ0v) is 13.1. The topological polar surface area (TPSA) is 41.9 Å². The Labute approximate surface area is 125 Å². The zero-order valence-electron chi connectivity index (χ0n) is 12.3. The predicted octanol–water partition coefficient (Wildman–Crippen LogP) is 3.66. The fourth-order valence-corrected chi connectivity index (χ4v) is 2.09. The molecule has 1 aromatic heterocycles. The van der Waals surface area contributed by atoms with Crippen molar-refractivity contribution in [1.29, 1.82) is 0 Å². The van der Waals surface area contributed by atoms with Crippen molar-refractivity contribution in [2.75, 3.05) is 10.6 Å². The number of hydrogen-bond acceptors (Lipinski definition) is 2. The molecule has 2 N–H and O–H groups in total. The minimum atomic E-state index is 0.534. The van der Waals surface area contributed by atoms with Crippen molar-refractivity contribution in [1.82, 2.24) is 9.78 Å². The molecule has 0 aliphatic heterocycles. The van der Waals surface area contributed by atoms with Crippen LogP contribution in [0.25, 0.3) is 0 Å². The van der Waals surface area contributed by atoms with Crippen LogP contribution in [0.3, 0.4) is 0 Å². The van der Waals surface area contributed by atoms with Gasteiger partial charge < -0.3 is 10.6 Å². The van der Waals surface area contributed by atoms with Gasteiger partial charge in [0, 0.05) is 12.7 Å². The molecule has 20 heavy (non-hydrogen) atoms. The van der Waals surface area contributed by atoms with Crippen LogP contribution < -0.4 is 10.6 Å². The molecule has 0 fully saturated rings. The Kier molecular flexibility index (Phi) is 4.39. The highest BCUT2D eigenvalue weighted by atomic mass is 32.1. The van der Waals surface area contributed by atoms with E-state index in [9.17, 15) is 0 Å². The van der Waals surface area contributed by atoms with Crippen LogP contribution in [0, 0.1) is 6.92 Å². The van der Waals surface area contributed by atoms with Gasteiger partial charge in [0.05, 0.1) is 17.6 Å². The van der Waals surface area contributed by atoms with Crippen LogP contribution in [0.1, 0.15) is 31.0 Å². The molecular weight excluding hydrogens is 268 g/mol. The lowest BCUT2D eigenvalue weighted by atomic mass is 10.0. The summed E-state index contributed by atoms with van der Waals surface area (Å²) in [6.07, 6.45) is 1.77. The number of hydrogen-bond donors (Lipinski definition) is 2. The number of rotatable bonds is 3. The second-order valence-electron chi connectivity index (χ2n) is 5.12. The van der Waals surface area contributed by atoms with Crippen LogP contribution >= 0.6 is 12.2 Å². The summed E-state index contributed by atoms with van der Waals surface area (Å²) in [4.78, 5) is 0. The summed E-state index contributed by atoms with van der Waals surface area (Å²) in [6, 6.07) is 8.31. The molecule has 0 spiro atoms. The second-order valence-corrected chi connectivity index (χ2v) is 5.53. The highest BCUT2D eigenvalue weighted by molar-refractivity contribution is 7.80. The quantitative estimate of drug-likeness (QED) is 0.846. The number of nitrogens with zero attached hydrogens (tertiary/aromatic N) is 2. The SMILES string of the molecule is Cc1c(NC(=S)Nc2ccc(C(C)C)cc2)cnn1C. The molecule has 0 atom stereocenters. The molecule has 106 valence electrons. The molecule has 2 aromatic rings. The Morgan fingerprint density at radius 3 is 2.35 bits per heavy atom. The first kappa shape index (κ1) is 14.5. The van der Waals surface area contributed by atoms with Crippen molar-refractivity contribution in [2.24, 2.45) is 7.05 Å². The number of aryl methyl sites for hydroxylation is 1. The van der Waals surface area contributed by atoms with Gasteiger partial charge in [-0.25, -0.2) is 0 Å². The average Bonchev–Trinajstić information content (AvgIpc) is 2.71. The maximum absolute atomic E-state index is 5.31. The van der Waals surface area contributed by atoms with E-state index in [1.807, 2.05) is 30.8 Å². The van der Waals surface area contributed by atoms with Gasteiger partial charge in [0.25, 0.3) is 0 Å². The van der Waals surface area contributed by atoms with Crippen molar-refractivity contribution < 1.29 is 0 Å². The van der Waals surface area contributed by atoms with Crippen LogP contribution in [0.2, 0.25) is 0 Å². The monoisotopic (exact) mass is 288 g/mol. The molecule has 2 rings (SSSR count). The minimum Gasteiger partial charge on any atom is -0.332 e. The lowest BCUT2D eigenvalue weighted by Gasteiger charge is -2.11. The molecular formula is C15H20N4S. The summed E-state index contributed by atoms with van der Waals surface area (Å²) in [5, 5.41) is 11.1. The smallest absolute Gasteiger partial charge is 0.175 e. The summed E-state index contributed by atoms with van der Waals surface area (Å²) in [5.74, 6) is 0.534. The molecule has 1 aromatic carbocycles. The highest BCUT2D eigenvalue weighted by Gasteiger charge is 2.06. The number of benzene rings is 1. The second kappa shape index (κ2) is 6.05. The Bertz CT molecular complexity index is 599. The third kappa shape index (κ3) is 3.36. The van der Waals surface area contributed by atoms with Gasteiger partial charge in [-0.3, -0.25) is 4.68 Å². The van der Waals surface area contributed by atoms with E-state index < -0.39 is 0 Å². The number of anilines is 2. The fourth-order valence-electron chi connectivity index (χ4n) is 1.86. The van der Waals surface area contributed by atoms with E-state index in [1.54, 1.807) is 6.20 Å². The largest absolute Gasteiger partial charge is 0.332 e. The van der Waals surface area contributed by atoms with Crippen molar-refractivity contribution in [3.05, 3.63) is 41.7 Å². The third-order valence-corrected chi connectivity index (χ3v) is 3.52. The Balaban J connectivity index is 1.99. The maximum atomic E-state index is 5.31. The van der Waals surface area contributed by atoms with Gasteiger partial charge in [-0.05, 0) is 42.8 Å². The lowest BCUT2D eigenvalue weighted by molar-refractivity contribution is 0.740. The van der Waals surface area contributed by atoms with E-state index in [2.05, 4.69) is 41.7 Å². The number of nitrogens with one attached hydrogen (secondary N) is 2. The minimum absolute atomic E-state index is 0.534. The van der Waals surface area contributed by atoms with E-state index >= 15 is 0 Å². The Morgan fingerprint density at radius 2 is 1.85 bits per heavy atom. The molecule has 0 amide bonds. The van der Waals surface area contributed by atoms with Gasteiger partial charge in [-0.2, -0.15) is 5.10 Å². The maximum Gasteiger partial charge on any atom is 0.175 e. The third-order valence-electron chi connectivity index (χ3n) is 3.32. The molecule has 0 saturated heterocycles. The summed E-state index contributed by atoms with van der Waals surface area (Å²) >= 11 is 5.31. The highest BCUT2D eigenvalue weighted by Crippen LogP contribution is 2.18. The predicted molar refractivity (Wildman–Crippen MR) is 88.3 cm³/mol. The molecule has 1 heterocycles. The first-order chi connectivity index (χ1) is 9.47. The van der Waals surface area contributed by atoms with Crippen LogP contribution in [0.5, 0.6) is 0 Å². The molecule has 0 saturated carbocycles. The lowest BCUT2D eigenvalue weighted by Crippen LogP contribution is -2.19.